The summed E-state index contributed by atoms with van der Waals surface area (Å²) in [6.07, 6.45) is 1.45. The molecule has 0 saturated carbocycles. The van der Waals surface area contributed by atoms with Crippen molar-refractivity contribution in [1.29, 1.82) is 0 Å². The number of benzene rings is 1. The first-order valence-corrected chi connectivity index (χ1v) is 9.90. The zero-order valence-electron chi connectivity index (χ0n) is 16.3. The van der Waals surface area contributed by atoms with Crippen LogP contribution in [-0.2, 0) is 6.54 Å². The predicted octanol–water partition coefficient (Wildman–Crippen LogP) is 2.10. The SMILES string of the molecule is CCN1CCN(C(=O)N(Cc2ccc(C(=O)NN)cn2)c2ccc(Cl)cc2)CC1. The summed E-state index contributed by atoms with van der Waals surface area (Å²) < 4.78 is 0. The number of nitrogen functional groups attached to an aromatic ring is 1. The molecule has 1 aromatic carbocycles. The van der Waals surface area contributed by atoms with Crippen LogP contribution in [0.3, 0.4) is 0 Å². The second-order valence-electron chi connectivity index (χ2n) is 6.78. The van der Waals surface area contributed by atoms with E-state index in [1.54, 1.807) is 29.2 Å². The van der Waals surface area contributed by atoms with Crippen molar-refractivity contribution >= 4 is 29.2 Å². The van der Waals surface area contributed by atoms with E-state index in [9.17, 15) is 9.59 Å². The van der Waals surface area contributed by atoms with Crippen LogP contribution in [0.2, 0.25) is 5.02 Å². The number of aromatic nitrogens is 1. The van der Waals surface area contributed by atoms with E-state index < -0.39 is 5.91 Å². The van der Waals surface area contributed by atoms with E-state index in [0.29, 0.717) is 29.4 Å². The summed E-state index contributed by atoms with van der Waals surface area (Å²) >= 11 is 6.02. The highest BCUT2D eigenvalue weighted by Crippen LogP contribution is 2.22. The average molecular weight is 417 g/mol. The number of anilines is 1. The van der Waals surface area contributed by atoms with E-state index in [0.717, 1.165) is 25.3 Å². The summed E-state index contributed by atoms with van der Waals surface area (Å²) in [5.74, 6) is 4.74. The summed E-state index contributed by atoms with van der Waals surface area (Å²) in [4.78, 5) is 35.1. The van der Waals surface area contributed by atoms with E-state index in [4.69, 9.17) is 17.4 Å². The summed E-state index contributed by atoms with van der Waals surface area (Å²) in [6, 6.07) is 10.4. The Balaban J connectivity index is 1.80. The van der Waals surface area contributed by atoms with E-state index in [-0.39, 0.29) is 12.6 Å². The van der Waals surface area contributed by atoms with E-state index in [1.807, 2.05) is 17.0 Å². The van der Waals surface area contributed by atoms with Gasteiger partial charge in [-0.25, -0.2) is 10.6 Å². The number of nitrogens with zero attached hydrogens (tertiary/aromatic N) is 4. The van der Waals surface area contributed by atoms with Crippen LogP contribution in [0.15, 0.2) is 42.6 Å². The van der Waals surface area contributed by atoms with Crippen molar-refractivity contribution in [3.63, 3.8) is 0 Å². The molecular formula is C20H25ClN6O2. The first-order chi connectivity index (χ1) is 14.0. The van der Waals surface area contributed by atoms with E-state index in [2.05, 4.69) is 22.2 Å². The molecule has 3 N–H and O–H groups in total. The Morgan fingerprint density at radius 2 is 1.83 bits per heavy atom. The zero-order chi connectivity index (χ0) is 20.8. The van der Waals surface area contributed by atoms with Gasteiger partial charge in [-0.3, -0.25) is 20.1 Å². The fourth-order valence-corrected chi connectivity index (χ4v) is 3.34. The first kappa shape index (κ1) is 21.0. The average Bonchev–Trinajstić information content (AvgIpc) is 2.77. The van der Waals surface area contributed by atoms with Crippen molar-refractivity contribution in [1.82, 2.24) is 20.2 Å². The third-order valence-electron chi connectivity index (χ3n) is 5.00. The highest BCUT2D eigenvalue weighted by atomic mass is 35.5. The van der Waals surface area contributed by atoms with Crippen LogP contribution in [0.25, 0.3) is 0 Å². The molecule has 1 saturated heterocycles. The van der Waals surface area contributed by atoms with Gasteiger partial charge in [-0.1, -0.05) is 18.5 Å². The second kappa shape index (κ2) is 9.69. The molecule has 2 aromatic rings. The minimum Gasteiger partial charge on any atom is -0.322 e. The molecule has 3 amide bonds. The standard InChI is InChI=1S/C20H25ClN6O2/c1-2-25-9-11-26(12-10-25)20(29)27(18-7-4-16(21)5-8-18)14-17-6-3-15(13-23-17)19(28)24-22/h3-8,13H,2,9-12,14,22H2,1H3,(H,24,28). The van der Waals surface area contributed by atoms with Crippen molar-refractivity contribution in [2.24, 2.45) is 5.84 Å². The van der Waals surface area contributed by atoms with Crippen LogP contribution in [0.4, 0.5) is 10.5 Å². The Hall–Kier alpha value is -2.68. The third kappa shape index (κ3) is 5.23. The molecule has 8 nitrogen and oxygen atoms in total. The number of nitrogens with one attached hydrogen (secondary N) is 1. The lowest BCUT2D eigenvalue weighted by Crippen LogP contribution is -2.52. The lowest BCUT2D eigenvalue weighted by molar-refractivity contribution is 0.0953. The Bertz CT molecular complexity index is 835. The molecule has 1 fully saturated rings. The fraction of sp³-hybridized carbons (Fsp3) is 0.350. The smallest absolute Gasteiger partial charge is 0.322 e. The number of nitrogens with two attached hydrogens (primary N) is 1. The van der Waals surface area contributed by atoms with Gasteiger partial charge in [-0.2, -0.15) is 0 Å². The molecule has 0 unspecified atom stereocenters. The number of carbonyl (C=O) groups is 2. The fourth-order valence-electron chi connectivity index (χ4n) is 3.21. The number of hydrogen-bond acceptors (Lipinski definition) is 5. The van der Waals surface area contributed by atoms with Gasteiger partial charge in [0.15, 0.2) is 0 Å². The summed E-state index contributed by atoms with van der Waals surface area (Å²) in [7, 11) is 0. The lowest BCUT2D eigenvalue weighted by atomic mass is 10.2. The maximum Gasteiger partial charge on any atom is 0.324 e. The topological polar surface area (TPSA) is 94.8 Å². The highest BCUT2D eigenvalue weighted by molar-refractivity contribution is 6.30. The van der Waals surface area contributed by atoms with E-state index >= 15 is 0 Å². The van der Waals surface area contributed by atoms with Crippen LogP contribution in [-0.4, -0.2) is 59.4 Å². The quantitative estimate of drug-likeness (QED) is 0.442. The molecule has 9 heteroatoms. The summed E-state index contributed by atoms with van der Waals surface area (Å²) in [6.45, 7) is 6.46. The van der Waals surface area contributed by atoms with Crippen molar-refractivity contribution in [2.75, 3.05) is 37.6 Å². The summed E-state index contributed by atoms with van der Waals surface area (Å²) in [5.41, 5.74) is 3.83. The van der Waals surface area contributed by atoms with Gasteiger partial charge < -0.3 is 9.80 Å². The lowest BCUT2D eigenvalue weighted by Gasteiger charge is -2.37. The maximum atomic E-state index is 13.3. The Morgan fingerprint density at radius 3 is 2.38 bits per heavy atom. The number of rotatable bonds is 5. The molecular weight excluding hydrogens is 392 g/mol. The van der Waals surface area contributed by atoms with Gasteiger partial charge in [0, 0.05) is 43.1 Å². The summed E-state index contributed by atoms with van der Waals surface area (Å²) in [5, 5.41) is 0.605. The van der Waals surface area contributed by atoms with Gasteiger partial charge >= 0.3 is 6.03 Å². The predicted molar refractivity (Wildman–Crippen MR) is 113 cm³/mol. The van der Waals surface area contributed by atoms with Gasteiger partial charge in [0.05, 0.1) is 17.8 Å². The van der Waals surface area contributed by atoms with Crippen molar-refractivity contribution in [2.45, 2.75) is 13.5 Å². The normalized spacial score (nSPS) is 14.5. The van der Waals surface area contributed by atoms with Crippen LogP contribution in [0.5, 0.6) is 0 Å². The van der Waals surface area contributed by atoms with Gasteiger partial charge in [0.25, 0.3) is 5.91 Å². The molecule has 0 aliphatic carbocycles. The molecule has 29 heavy (non-hydrogen) atoms. The molecule has 1 aliphatic heterocycles. The van der Waals surface area contributed by atoms with Crippen LogP contribution >= 0.6 is 11.6 Å². The molecule has 0 atom stereocenters. The molecule has 0 spiro atoms. The van der Waals surface area contributed by atoms with Gasteiger partial charge in [-0.15, -0.1) is 0 Å². The maximum absolute atomic E-state index is 13.3. The largest absolute Gasteiger partial charge is 0.324 e. The molecule has 154 valence electrons. The molecule has 1 aliphatic rings. The number of halogens is 1. The number of hydrogen-bond donors (Lipinski definition) is 2. The molecule has 3 rings (SSSR count). The van der Waals surface area contributed by atoms with Crippen molar-refractivity contribution in [3.05, 3.63) is 58.9 Å². The van der Waals surface area contributed by atoms with Gasteiger partial charge in [0.1, 0.15) is 0 Å². The third-order valence-corrected chi connectivity index (χ3v) is 5.25. The Labute approximate surface area is 175 Å². The number of pyridine rings is 1. The van der Waals surface area contributed by atoms with Crippen LogP contribution in [0.1, 0.15) is 23.0 Å². The zero-order valence-corrected chi connectivity index (χ0v) is 17.1. The molecule has 0 bridgehead atoms. The minimum atomic E-state index is -0.413. The highest BCUT2D eigenvalue weighted by Gasteiger charge is 2.26. The van der Waals surface area contributed by atoms with Crippen molar-refractivity contribution < 1.29 is 9.59 Å². The number of piperazine rings is 1. The molecule has 0 radical (unpaired) electrons. The Kier molecular flexibility index (Phi) is 7.03. The monoisotopic (exact) mass is 416 g/mol. The molecule has 1 aromatic heterocycles. The first-order valence-electron chi connectivity index (χ1n) is 9.52. The van der Waals surface area contributed by atoms with Crippen LogP contribution < -0.4 is 16.2 Å². The number of carbonyl (C=O) groups excluding carboxylic acids is 2. The number of urea groups is 1. The van der Waals surface area contributed by atoms with Gasteiger partial charge in [0.2, 0.25) is 0 Å². The number of hydrazine groups is 1. The number of amides is 3. The minimum absolute atomic E-state index is 0.0753. The van der Waals surface area contributed by atoms with Crippen molar-refractivity contribution in [3.8, 4) is 0 Å². The van der Waals surface area contributed by atoms with E-state index in [1.165, 1.54) is 6.20 Å². The van der Waals surface area contributed by atoms with Crippen LogP contribution in [0, 0.1) is 0 Å². The van der Waals surface area contributed by atoms with Gasteiger partial charge in [-0.05, 0) is 42.9 Å². The second-order valence-corrected chi connectivity index (χ2v) is 7.21. The molecule has 2 heterocycles. The number of likely N-dealkylation sites (N-methyl/N-ethyl adjacent to an activating group) is 1. The Morgan fingerprint density at radius 1 is 1.14 bits per heavy atom.